The zero-order chi connectivity index (χ0) is 18.4. The highest BCUT2D eigenvalue weighted by Crippen LogP contribution is 2.29. The molecule has 6 nitrogen and oxygen atoms in total. The molecule has 2 rings (SSSR count). The first-order valence-electron chi connectivity index (χ1n) is 7.22. The van der Waals surface area contributed by atoms with Crippen LogP contribution in [0.4, 0.5) is 11.4 Å². The molecule has 2 amide bonds. The molecule has 0 aliphatic rings. The number of carbonyl (C=O) groups is 2. The van der Waals surface area contributed by atoms with Crippen molar-refractivity contribution in [1.82, 2.24) is 0 Å². The largest absolute Gasteiger partial charge is 0.495 e. The van der Waals surface area contributed by atoms with Crippen LogP contribution in [0.5, 0.6) is 11.5 Å². The lowest BCUT2D eigenvalue weighted by Crippen LogP contribution is -2.20. The Morgan fingerprint density at radius 1 is 1.04 bits per heavy atom. The fourth-order valence-corrected chi connectivity index (χ4v) is 2.47. The molecule has 0 aliphatic heterocycles. The average molecular weight is 383 g/mol. The minimum Gasteiger partial charge on any atom is -0.495 e. The highest BCUT2D eigenvalue weighted by Gasteiger charge is 2.11. The Morgan fingerprint density at radius 3 is 2.40 bits per heavy atom. The highest BCUT2D eigenvalue weighted by atomic mass is 35.5. The number of nitrogens with one attached hydrogen (secondary N) is 2. The van der Waals surface area contributed by atoms with Crippen LogP contribution in [0.2, 0.25) is 10.0 Å². The van der Waals surface area contributed by atoms with Gasteiger partial charge in [0.25, 0.3) is 5.91 Å². The van der Waals surface area contributed by atoms with Crippen LogP contribution in [-0.2, 0) is 9.59 Å². The Kier molecular flexibility index (Phi) is 6.50. The van der Waals surface area contributed by atoms with Gasteiger partial charge in [-0.3, -0.25) is 9.59 Å². The van der Waals surface area contributed by atoms with Gasteiger partial charge in [-0.1, -0.05) is 23.2 Å². The maximum atomic E-state index is 12.1. The summed E-state index contributed by atoms with van der Waals surface area (Å²) in [6, 6.07) is 9.61. The summed E-state index contributed by atoms with van der Waals surface area (Å²) in [6.07, 6.45) is 0. The third-order valence-electron chi connectivity index (χ3n) is 3.05. The van der Waals surface area contributed by atoms with Crippen LogP contribution >= 0.6 is 23.2 Å². The van der Waals surface area contributed by atoms with Gasteiger partial charge in [0.1, 0.15) is 11.5 Å². The molecular formula is C17H16Cl2N2O4. The first-order valence-corrected chi connectivity index (χ1v) is 7.98. The van der Waals surface area contributed by atoms with Crippen molar-refractivity contribution < 1.29 is 19.1 Å². The smallest absolute Gasteiger partial charge is 0.262 e. The van der Waals surface area contributed by atoms with E-state index in [0.29, 0.717) is 32.9 Å². The summed E-state index contributed by atoms with van der Waals surface area (Å²) in [5.74, 6) is 0.166. The van der Waals surface area contributed by atoms with E-state index in [1.807, 2.05) is 0 Å². The summed E-state index contributed by atoms with van der Waals surface area (Å²) >= 11 is 11.8. The van der Waals surface area contributed by atoms with E-state index >= 15 is 0 Å². The average Bonchev–Trinajstić information content (AvgIpc) is 2.54. The van der Waals surface area contributed by atoms with E-state index < -0.39 is 5.91 Å². The van der Waals surface area contributed by atoms with E-state index in [2.05, 4.69) is 10.6 Å². The number of halogens is 2. The molecule has 0 atom stereocenters. The highest BCUT2D eigenvalue weighted by molar-refractivity contribution is 6.35. The molecule has 0 bridgehead atoms. The standard InChI is InChI=1S/C17H16Cl2N2O4/c1-10(22)20-12-4-6-16(24-2)14(8-12)21-17(23)9-25-15-5-3-11(18)7-13(15)19/h3-8H,9H2,1-2H3,(H,20,22)(H,21,23). The van der Waals surface area contributed by atoms with Crippen molar-refractivity contribution >= 4 is 46.4 Å². The number of benzene rings is 2. The maximum absolute atomic E-state index is 12.1. The van der Waals surface area contributed by atoms with Gasteiger partial charge in [-0.25, -0.2) is 0 Å². The molecule has 0 aliphatic carbocycles. The first kappa shape index (κ1) is 18.9. The van der Waals surface area contributed by atoms with Gasteiger partial charge in [0.05, 0.1) is 17.8 Å². The summed E-state index contributed by atoms with van der Waals surface area (Å²) in [4.78, 5) is 23.3. The van der Waals surface area contributed by atoms with Crippen molar-refractivity contribution in [2.24, 2.45) is 0 Å². The Labute approximate surface area is 155 Å². The molecule has 25 heavy (non-hydrogen) atoms. The molecule has 0 saturated carbocycles. The maximum Gasteiger partial charge on any atom is 0.262 e. The van der Waals surface area contributed by atoms with E-state index in [9.17, 15) is 9.59 Å². The molecule has 0 heterocycles. The van der Waals surface area contributed by atoms with Gasteiger partial charge in [0.15, 0.2) is 6.61 Å². The molecule has 0 fully saturated rings. The second-order valence-corrected chi connectivity index (χ2v) is 5.85. The molecule has 8 heteroatoms. The number of rotatable bonds is 6. The Bertz CT molecular complexity index is 796. The van der Waals surface area contributed by atoms with Crippen molar-refractivity contribution in [3.63, 3.8) is 0 Å². The lowest BCUT2D eigenvalue weighted by Gasteiger charge is -2.13. The second-order valence-electron chi connectivity index (χ2n) is 5.01. The fourth-order valence-electron chi connectivity index (χ4n) is 2.01. The Morgan fingerprint density at radius 2 is 1.76 bits per heavy atom. The number of methoxy groups -OCH3 is 1. The van der Waals surface area contributed by atoms with Crippen molar-refractivity contribution in [1.29, 1.82) is 0 Å². The molecule has 0 saturated heterocycles. The Hall–Kier alpha value is -2.44. The van der Waals surface area contributed by atoms with Crippen LogP contribution < -0.4 is 20.1 Å². The lowest BCUT2D eigenvalue weighted by molar-refractivity contribution is -0.118. The fraction of sp³-hybridized carbons (Fsp3) is 0.176. The quantitative estimate of drug-likeness (QED) is 0.791. The van der Waals surface area contributed by atoms with Crippen molar-refractivity contribution in [2.75, 3.05) is 24.4 Å². The van der Waals surface area contributed by atoms with E-state index in [-0.39, 0.29) is 12.5 Å². The third-order valence-corrected chi connectivity index (χ3v) is 3.58. The van der Waals surface area contributed by atoms with Crippen molar-refractivity contribution in [3.8, 4) is 11.5 Å². The number of ether oxygens (including phenoxy) is 2. The molecule has 2 aromatic rings. The molecule has 0 aromatic heterocycles. The SMILES string of the molecule is COc1ccc(NC(C)=O)cc1NC(=O)COc1ccc(Cl)cc1Cl. The summed E-state index contributed by atoms with van der Waals surface area (Å²) < 4.78 is 10.6. The van der Waals surface area contributed by atoms with E-state index in [0.717, 1.165) is 0 Å². The summed E-state index contributed by atoms with van der Waals surface area (Å²) in [6.45, 7) is 1.14. The van der Waals surface area contributed by atoms with Crippen LogP contribution in [0.25, 0.3) is 0 Å². The minimum absolute atomic E-state index is 0.219. The van der Waals surface area contributed by atoms with Gasteiger partial charge in [0.2, 0.25) is 5.91 Å². The minimum atomic E-state index is -0.413. The number of hydrogen-bond donors (Lipinski definition) is 2. The monoisotopic (exact) mass is 382 g/mol. The zero-order valence-electron chi connectivity index (χ0n) is 13.6. The van der Waals surface area contributed by atoms with Crippen LogP contribution in [0.3, 0.4) is 0 Å². The van der Waals surface area contributed by atoms with Crippen LogP contribution in [-0.4, -0.2) is 25.5 Å². The molecule has 2 aromatic carbocycles. The number of hydrogen-bond acceptors (Lipinski definition) is 4. The number of amides is 2. The third kappa shape index (κ3) is 5.55. The zero-order valence-corrected chi connectivity index (χ0v) is 15.1. The topological polar surface area (TPSA) is 76.7 Å². The van der Waals surface area contributed by atoms with E-state index in [1.165, 1.54) is 20.1 Å². The summed E-state index contributed by atoms with van der Waals surface area (Å²) in [7, 11) is 1.48. The van der Waals surface area contributed by atoms with E-state index in [4.69, 9.17) is 32.7 Å². The van der Waals surface area contributed by atoms with Gasteiger partial charge < -0.3 is 20.1 Å². The molecule has 0 unspecified atom stereocenters. The molecule has 0 radical (unpaired) electrons. The van der Waals surface area contributed by atoms with Gasteiger partial charge in [0, 0.05) is 17.6 Å². The predicted octanol–water partition coefficient (Wildman–Crippen LogP) is 3.98. The van der Waals surface area contributed by atoms with E-state index in [1.54, 1.807) is 30.3 Å². The van der Waals surface area contributed by atoms with Gasteiger partial charge >= 0.3 is 0 Å². The van der Waals surface area contributed by atoms with Gasteiger partial charge in [-0.05, 0) is 36.4 Å². The van der Waals surface area contributed by atoms with Gasteiger partial charge in [-0.15, -0.1) is 0 Å². The molecule has 132 valence electrons. The normalized spacial score (nSPS) is 10.1. The Balaban J connectivity index is 2.04. The lowest BCUT2D eigenvalue weighted by atomic mass is 10.2. The predicted molar refractivity (Wildman–Crippen MR) is 97.9 cm³/mol. The van der Waals surface area contributed by atoms with Crippen LogP contribution in [0.15, 0.2) is 36.4 Å². The van der Waals surface area contributed by atoms with Crippen molar-refractivity contribution in [2.45, 2.75) is 6.92 Å². The molecular weight excluding hydrogens is 367 g/mol. The molecule has 2 N–H and O–H groups in total. The number of anilines is 2. The van der Waals surface area contributed by atoms with Crippen LogP contribution in [0.1, 0.15) is 6.92 Å². The summed E-state index contributed by atoms with van der Waals surface area (Å²) in [5.41, 5.74) is 0.940. The van der Waals surface area contributed by atoms with Gasteiger partial charge in [-0.2, -0.15) is 0 Å². The molecule has 0 spiro atoms. The number of carbonyl (C=O) groups excluding carboxylic acids is 2. The second kappa shape index (κ2) is 8.60. The van der Waals surface area contributed by atoms with Crippen LogP contribution in [0, 0.1) is 0 Å². The first-order chi connectivity index (χ1) is 11.9. The summed E-state index contributed by atoms with van der Waals surface area (Å²) in [5, 5.41) is 6.08. The van der Waals surface area contributed by atoms with Crippen molar-refractivity contribution in [3.05, 3.63) is 46.4 Å².